The maximum Gasteiger partial charge on any atom is 0.261 e. The number of hydrogen-bond donors (Lipinski definition) is 0. The van der Waals surface area contributed by atoms with Gasteiger partial charge in [-0.05, 0) is 61.4 Å². The highest BCUT2D eigenvalue weighted by Gasteiger charge is 2.38. The van der Waals surface area contributed by atoms with Gasteiger partial charge in [0.05, 0.1) is 11.6 Å². The maximum atomic E-state index is 13.8. The lowest BCUT2D eigenvalue weighted by atomic mass is 9.89. The van der Waals surface area contributed by atoms with Crippen LogP contribution >= 0.6 is 11.8 Å². The van der Waals surface area contributed by atoms with Gasteiger partial charge in [0.25, 0.3) is 5.91 Å². The molecule has 0 saturated carbocycles. The van der Waals surface area contributed by atoms with E-state index in [-0.39, 0.29) is 23.9 Å². The van der Waals surface area contributed by atoms with Crippen LogP contribution < -0.4 is 9.80 Å². The van der Waals surface area contributed by atoms with Crippen molar-refractivity contribution in [1.82, 2.24) is 4.98 Å². The van der Waals surface area contributed by atoms with Gasteiger partial charge in [0.15, 0.2) is 0 Å². The number of amides is 2. The smallest absolute Gasteiger partial charge is 0.261 e. The molecule has 0 bridgehead atoms. The van der Waals surface area contributed by atoms with Crippen LogP contribution in [0.4, 0.5) is 11.4 Å². The Labute approximate surface area is 199 Å². The molecule has 0 aliphatic carbocycles. The molecule has 5 nitrogen and oxygen atoms in total. The van der Waals surface area contributed by atoms with Crippen LogP contribution in [0.5, 0.6) is 0 Å². The molecule has 2 atom stereocenters. The van der Waals surface area contributed by atoms with E-state index in [0.29, 0.717) is 12.0 Å². The molecule has 0 fully saturated rings. The minimum Gasteiger partial charge on any atom is -0.305 e. The average Bonchev–Trinajstić information content (AvgIpc) is 2.83. The van der Waals surface area contributed by atoms with Crippen LogP contribution in [0.2, 0.25) is 0 Å². The Morgan fingerprint density at radius 1 is 1.06 bits per heavy atom. The zero-order valence-corrected chi connectivity index (χ0v) is 20.1. The second kappa shape index (κ2) is 10.2. The zero-order chi connectivity index (χ0) is 23.4. The molecule has 1 aromatic heterocycles. The highest BCUT2D eigenvalue weighted by atomic mass is 32.2. The van der Waals surface area contributed by atoms with E-state index in [1.807, 2.05) is 76.5 Å². The minimum absolute atomic E-state index is 0.0153. The molecule has 3 aromatic rings. The summed E-state index contributed by atoms with van der Waals surface area (Å²) in [4.78, 5) is 34.8. The Balaban J connectivity index is 1.76. The minimum atomic E-state index is -0.150. The first kappa shape index (κ1) is 23.1. The van der Waals surface area contributed by atoms with E-state index in [4.69, 9.17) is 0 Å². The fraction of sp³-hybridized carbons (Fsp3) is 0.296. The van der Waals surface area contributed by atoms with Crippen LogP contribution in [-0.2, 0) is 4.79 Å². The zero-order valence-electron chi connectivity index (χ0n) is 19.3. The van der Waals surface area contributed by atoms with Gasteiger partial charge in [-0.3, -0.25) is 9.59 Å². The fourth-order valence-corrected chi connectivity index (χ4v) is 5.35. The summed E-state index contributed by atoms with van der Waals surface area (Å²) >= 11 is 1.62. The average molecular weight is 460 g/mol. The molecular weight excluding hydrogens is 430 g/mol. The molecule has 2 unspecified atom stereocenters. The third kappa shape index (κ3) is 4.67. The molecular formula is C27H29N3O2S. The molecule has 0 saturated heterocycles. The van der Waals surface area contributed by atoms with Gasteiger partial charge in [0.2, 0.25) is 5.91 Å². The molecule has 2 heterocycles. The van der Waals surface area contributed by atoms with Crippen molar-refractivity contribution in [3.63, 3.8) is 0 Å². The lowest BCUT2D eigenvalue weighted by Crippen LogP contribution is -2.47. The normalized spacial score (nSPS) is 17.4. The number of anilines is 2. The van der Waals surface area contributed by atoms with Gasteiger partial charge < -0.3 is 9.80 Å². The van der Waals surface area contributed by atoms with E-state index in [0.717, 1.165) is 34.1 Å². The van der Waals surface area contributed by atoms with Crippen molar-refractivity contribution in [3.05, 3.63) is 84.1 Å². The topological polar surface area (TPSA) is 53.5 Å². The van der Waals surface area contributed by atoms with Crippen LogP contribution in [0.15, 0.2) is 78.0 Å². The summed E-state index contributed by atoms with van der Waals surface area (Å²) in [5.41, 5.74) is 3.32. The first-order chi connectivity index (χ1) is 16.0. The van der Waals surface area contributed by atoms with E-state index in [9.17, 15) is 9.59 Å². The number of para-hydroxylation sites is 2. The standard InChI is InChI=1S/C27H29N3O2S/c1-4-17-33-26-23(14-10-16-28-26)27(32)29-19(2)18-25(22-13-8-9-15-24(22)29)30(20(3)31)21-11-6-5-7-12-21/h5-16,19,25H,4,17-18H2,1-3H3. The third-order valence-corrected chi connectivity index (χ3v) is 7.12. The van der Waals surface area contributed by atoms with Crippen LogP contribution in [0.3, 0.4) is 0 Å². The predicted octanol–water partition coefficient (Wildman–Crippen LogP) is 6.12. The molecule has 0 radical (unpaired) electrons. The number of benzene rings is 2. The fourth-order valence-electron chi connectivity index (χ4n) is 4.50. The van der Waals surface area contributed by atoms with Crippen molar-refractivity contribution in [1.29, 1.82) is 0 Å². The second-order valence-electron chi connectivity index (χ2n) is 8.26. The summed E-state index contributed by atoms with van der Waals surface area (Å²) in [7, 11) is 0. The SMILES string of the molecule is CCCSc1ncccc1C(=O)N1c2ccccc2C(N(C(C)=O)c2ccccc2)CC1C. The Morgan fingerprint density at radius 3 is 2.52 bits per heavy atom. The highest BCUT2D eigenvalue weighted by molar-refractivity contribution is 7.99. The number of carbonyl (C=O) groups excluding carboxylic acids is 2. The summed E-state index contributed by atoms with van der Waals surface area (Å²) in [5.74, 6) is 0.851. The van der Waals surface area contributed by atoms with Crippen molar-refractivity contribution in [2.45, 2.75) is 50.7 Å². The first-order valence-corrected chi connectivity index (χ1v) is 12.4. The monoisotopic (exact) mass is 459 g/mol. The maximum absolute atomic E-state index is 13.8. The van der Waals surface area contributed by atoms with E-state index in [1.165, 1.54) is 0 Å². The number of nitrogens with zero attached hydrogens (tertiary/aromatic N) is 3. The Kier molecular flexibility index (Phi) is 7.14. The largest absolute Gasteiger partial charge is 0.305 e. The van der Waals surface area contributed by atoms with Crippen molar-refractivity contribution < 1.29 is 9.59 Å². The molecule has 0 spiro atoms. The summed E-state index contributed by atoms with van der Waals surface area (Å²) in [6.45, 7) is 5.78. The van der Waals surface area contributed by atoms with Crippen LogP contribution in [0, 0.1) is 0 Å². The molecule has 0 N–H and O–H groups in total. The molecule has 4 rings (SSSR count). The molecule has 2 amide bonds. The molecule has 33 heavy (non-hydrogen) atoms. The van der Waals surface area contributed by atoms with Gasteiger partial charge in [-0.1, -0.05) is 43.3 Å². The van der Waals surface area contributed by atoms with E-state index >= 15 is 0 Å². The van der Waals surface area contributed by atoms with Crippen molar-refractivity contribution in [3.8, 4) is 0 Å². The van der Waals surface area contributed by atoms with E-state index < -0.39 is 0 Å². The molecule has 6 heteroatoms. The summed E-state index contributed by atoms with van der Waals surface area (Å²) in [6, 6.07) is 21.1. The molecule has 2 aromatic carbocycles. The number of hydrogen-bond acceptors (Lipinski definition) is 4. The van der Waals surface area contributed by atoms with E-state index in [2.05, 4.69) is 18.8 Å². The molecule has 1 aliphatic heterocycles. The van der Waals surface area contributed by atoms with Crippen LogP contribution in [0.25, 0.3) is 0 Å². The van der Waals surface area contributed by atoms with Crippen molar-refractivity contribution in [2.24, 2.45) is 0 Å². The first-order valence-electron chi connectivity index (χ1n) is 11.4. The summed E-state index contributed by atoms with van der Waals surface area (Å²) in [6.07, 6.45) is 3.40. The predicted molar refractivity (Wildman–Crippen MR) is 135 cm³/mol. The van der Waals surface area contributed by atoms with Crippen molar-refractivity contribution in [2.75, 3.05) is 15.6 Å². The third-order valence-electron chi connectivity index (χ3n) is 5.91. The van der Waals surface area contributed by atoms with E-state index in [1.54, 1.807) is 24.9 Å². The van der Waals surface area contributed by atoms with Gasteiger partial charge in [0.1, 0.15) is 5.03 Å². The number of rotatable bonds is 6. The van der Waals surface area contributed by atoms with Crippen LogP contribution in [0.1, 0.15) is 55.6 Å². The molecule has 1 aliphatic rings. The Hall–Kier alpha value is -3.12. The second-order valence-corrected chi connectivity index (χ2v) is 9.35. The quantitative estimate of drug-likeness (QED) is 0.417. The Bertz CT molecular complexity index is 1130. The molecule has 170 valence electrons. The van der Waals surface area contributed by atoms with Crippen LogP contribution in [-0.4, -0.2) is 28.6 Å². The number of aromatic nitrogens is 1. The summed E-state index contributed by atoms with van der Waals surface area (Å²) < 4.78 is 0. The van der Waals surface area contributed by atoms with Gasteiger partial charge >= 0.3 is 0 Å². The van der Waals surface area contributed by atoms with Crippen molar-refractivity contribution >= 4 is 35.0 Å². The summed E-state index contributed by atoms with van der Waals surface area (Å²) in [5, 5.41) is 0.769. The van der Waals surface area contributed by atoms with Gasteiger partial charge in [-0.15, -0.1) is 11.8 Å². The van der Waals surface area contributed by atoms with Gasteiger partial charge in [0, 0.05) is 30.5 Å². The van der Waals surface area contributed by atoms with Gasteiger partial charge in [-0.25, -0.2) is 4.98 Å². The lowest BCUT2D eigenvalue weighted by Gasteiger charge is -2.43. The lowest BCUT2D eigenvalue weighted by molar-refractivity contribution is -0.117. The number of pyridine rings is 1. The highest BCUT2D eigenvalue weighted by Crippen LogP contribution is 2.43. The Morgan fingerprint density at radius 2 is 1.79 bits per heavy atom. The number of fused-ring (bicyclic) bond motifs is 1. The van der Waals surface area contributed by atoms with Gasteiger partial charge in [-0.2, -0.15) is 0 Å². The number of thioether (sulfide) groups is 1. The number of carbonyl (C=O) groups is 2.